The molecule has 2 N–H and O–H groups in total. The fourth-order valence-corrected chi connectivity index (χ4v) is 2.93. The SMILES string of the molecule is Cn1c(=O)c2[nH]c(Br)nc2n(C)c1=O.Cn1c(=O)c2[nH]cnc2n(C)c1=O. The third kappa shape index (κ3) is 2.85. The number of aromatic amines is 2. The normalized spacial score (nSPS) is 11.0. The maximum Gasteiger partial charge on any atom is 0.332 e. The van der Waals surface area contributed by atoms with Gasteiger partial charge in [-0.3, -0.25) is 27.9 Å². The zero-order valence-corrected chi connectivity index (χ0v) is 16.4. The first kappa shape index (κ1) is 18.6. The Hall–Kier alpha value is -3.22. The van der Waals surface area contributed by atoms with Crippen molar-refractivity contribution >= 4 is 38.3 Å². The number of imidazole rings is 2. The lowest BCUT2D eigenvalue weighted by Gasteiger charge is -2.00. The van der Waals surface area contributed by atoms with Crippen LogP contribution in [-0.2, 0) is 28.2 Å². The number of hydrogen-bond acceptors (Lipinski definition) is 6. The highest BCUT2D eigenvalue weighted by atomic mass is 79.9. The van der Waals surface area contributed by atoms with Gasteiger partial charge in [0, 0.05) is 28.2 Å². The van der Waals surface area contributed by atoms with Gasteiger partial charge in [-0.1, -0.05) is 0 Å². The van der Waals surface area contributed by atoms with Gasteiger partial charge in [0.05, 0.1) is 6.33 Å². The highest BCUT2D eigenvalue weighted by Gasteiger charge is 2.11. The van der Waals surface area contributed by atoms with Crippen molar-refractivity contribution in [3.8, 4) is 0 Å². The number of rotatable bonds is 0. The van der Waals surface area contributed by atoms with Crippen molar-refractivity contribution in [3.05, 3.63) is 52.7 Å². The van der Waals surface area contributed by atoms with Crippen LogP contribution in [0.5, 0.6) is 0 Å². The molecular weight excluding hydrogens is 424 g/mol. The van der Waals surface area contributed by atoms with E-state index in [4.69, 9.17) is 0 Å². The number of halogens is 1. The first-order valence-corrected chi connectivity index (χ1v) is 8.34. The lowest BCUT2D eigenvalue weighted by Crippen LogP contribution is -2.36. The topological polar surface area (TPSA) is 145 Å². The third-order valence-corrected chi connectivity index (χ3v) is 4.47. The van der Waals surface area contributed by atoms with Gasteiger partial charge in [-0.05, 0) is 15.9 Å². The van der Waals surface area contributed by atoms with Gasteiger partial charge >= 0.3 is 11.4 Å². The molecule has 0 amide bonds. The van der Waals surface area contributed by atoms with Crippen LogP contribution in [0.15, 0.2) is 30.2 Å². The van der Waals surface area contributed by atoms with E-state index in [0.29, 0.717) is 27.1 Å². The molecule has 0 radical (unpaired) electrons. The van der Waals surface area contributed by atoms with Crippen LogP contribution >= 0.6 is 15.9 Å². The van der Waals surface area contributed by atoms with E-state index in [9.17, 15) is 19.2 Å². The summed E-state index contributed by atoms with van der Waals surface area (Å²) in [5.74, 6) is 0. The minimum absolute atomic E-state index is 0.321. The van der Waals surface area contributed by atoms with Gasteiger partial charge in [-0.15, -0.1) is 0 Å². The number of aromatic nitrogens is 8. The molecule has 0 aliphatic rings. The number of H-pyrrole nitrogens is 2. The lowest BCUT2D eigenvalue weighted by atomic mass is 10.5. The second kappa shape index (κ2) is 6.50. The van der Waals surface area contributed by atoms with Crippen molar-refractivity contribution in [1.82, 2.24) is 38.2 Å². The van der Waals surface area contributed by atoms with E-state index in [0.717, 1.165) is 9.13 Å². The van der Waals surface area contributed by atoms with Crippen LogP contribution in [0.25, 0.3) is 22.3 Å². The Morgan fingerprint density at radius 2 is 1.33 bits per heavy atom. The smallest absolute Gasteiger partial charge is 0.332 e. The highest BCUT2D eigenvalue weighted by molar-refractivity contribution is 9.10. The Morgan fingerprint density at radius 3 is 1.93 bits per heavy atom. The first-order valence-electron chi connectivity index (χ1n) is 7.55. The first-order chi connectivity index (χ1) is 12.6. The molecule has 12 nitrogen and oxygen atoms in total. The van der Waals surface area contributed by atoms with Gasteiger partial charge in [0.25, 0.3) is 11.1 Å². The molecule has 0 saturated carbocycles. The summed E-state index contributed by atoms with van der Waals surface area (Å²) in [6.45, 7) is 0. The Kier molecular flexibility index (Phi) is 4.47. The van der Waals surface area contributed by atoms with Crippen LogP contribution in [0, 0.1) is 0 Å². The van der Waals surface area contributed by atoms with Gasteiger partial charge < -0.3 is 9.97 Å². The van der Waals surface area contributed by atoms with Crippen LogP contribution < -0.4 is 22.5 Å². The number of nitrogens with one attached hydrogen (secondary N) is 2. The van der Waals surface area contributed by atoms with Crippen molar-refractivity contribution in [3.63, 3.8) is 0 Å². The van der Waals surface area contributed by atoms with E-state index < -0.39 is 0 Å². The lowest BCUT2D eigenvalue weighted by molar-refractivity contribution is 0.708. The average Bonchev–Trinajstić information content (AvgIpc) is 3.28. The minimum atomic E-state index is -0.387. The summed E-state index contributed by atoms with van der Waals surface area (Å²) >= 11 is 3.11. The number of nitrogens with zero attached hydrogens (tertiary/aromatic N) is 6. The molecule has 142 valence electrons. The fourth-order valence-electron chi connectivity index (χ4n) is 2.57. The maximum atomic E-state index is 11.6. The van der Waals surface area contributed by atoms with Crippen molar-refractivity contribution in [1.29, 1.82) is 0 Å². The Labute approximate surface area is 157 Å². The third-order valence-electron chi connectivity index (χ3n) is 4.10. The van der Waals surface area contributed by atoms with E-state index in [1.807, 2.05) is 0 Å². The van der Waals surface area contributed by atoms with Crippen LogP contribution in [0.3, 0.4) is 0 Å². The summed E-state index contributed by atoms with van der Waals surface area (Å²) in [6, 6.07) is 0. The van der Waals surface area contributed by atoms with Gasteiger partial charge in [0.2, 0.25) is 0 Å². The Morgan fingerprint density at radius 1 is 0.815 bits per heavy atom. The van der Waals surface area contributed by atoms with E-state index >= 15 is 0 Å². The van der Waals surface area contributed by atoms with E-state index in [2.05, 4.69) is 35.9 Å². The number of fused-ring (bicyclic) bond motifs is 2. The minimum Gasteiger partial charge on any atom is -0.339 e. The van der Waals surface area contributed by atoms with Crippen molar-refractivity contribution in [2.24, 2.45) is 28.2 Å². The molecule has 0 fully saturated rings. The predicted octanol–water partition coefficient (Wildman–Crippen LogP) is -1.32. The Bertz CT molecular complexity index is 1410. The molecule has 0 saturated heterocycles. The van der Waals surface area contributed by atoms with Crippen LogP contribution in [0.4, 0.5) is 0 Å². The van der Waals surface area contributed by atoms with E-state index in [1.165, 1.54) is 29.6 Å². The Balaban J connectivity index is 0.000000156. The molecule has 4 aromatic heterocycles. The molecule has 4 aromatic rings. The second-order valence-electron chi connectivity index (χ2n) is 5.74. The van der Waals surface area contributed by atoms with E-state index in [1.54, 1.807) is 14.1 Å². The molecule has 27 heavy (non-hydrogen) atoms. The predicted molar refractivity (Wildman–Crippen MR) is 101 cm³/mol. The van der Waals surface area contributed by atoms with Crippen LogP contribution in [0.1, 0.15) is 0 Å². The fraction of sp³-hybridized carbons (Fsp3) is 0.286. The zero-order valence-electron chi connectivity index (χ0n) is 14.8. The molecule has 0 atom stereocenters. The van der Waals surface area contributed by atoms with Crippen LogP contribution in [0.2, 0.25) is 0 Å². The summed E-state index contributed by atoms with van der Waals surface area (Å²) in [5, 5.41) is 0. The summed E-state index contributed by atoms with van der Waals surface area (Å²) in [6.07, 6.45) is 1.39. The molecule has 4 heterocycles. The maximum absolute atomic E-state index is 11.6. The molecule has 4 rings (SSSR count). The van der Waals surface area contributed by atoms with Gasteiger partial charge in [0.15, 0.2) is 21.5 Å². The molecule has 0 unspecified atom stereocenters. The van der Waals surface area contributed by atoms with Crippen LogP contribution in [-0.4, -0.2) is 38.2 Å². The monoisotopic (exact) mass is 438 g/mol. The van der Waals surface area contributed by atoms with Gasteiger partial charge in [-0.25, -0.2) is 19.6 Å². The summed E-state index contributed by atoms with van der Waals surface area (Å²) in [5.41, 5.74) is -0.0767. The standard InChI is InChI=1S/C7H7BrN4O2.C7H8N4O2/c1-11-4-3(9-6(8)10-4)5(13)12(2)7(11)14;1-10-5-4(8-3-9-5)6(12)11(2)7(10)13/h1-2H3,(H,9,10);3H,1-2H3,(H,8,9). The molecule has 0 spiro atoms. The summed E-state index contributed by atoms with van der Waals surface area (Å²) in [4.78, 5) is 59.2. The number of aryl methyl sites for hydroxylation is 2. The quantitative estimate of drug-likeness (QED) is 0.325. The molecule has 0 bridgehead atoms. The largest absolute Gasteiger partial charge is 0.339 e. The summed E-state index contributed by atoms with van der Waals surface area (Å²) < 4.78 is 5.16. The molecule has 0 aliphatic carbocycles. The average molecular weight is 439 g/mol. The highest BCUT2D eigenvalue weighted by Crippen LogP contribution is 2.08. The molecule has 0 aliphatic heterocycles. The number of hydrogen-bond donors (Lipinski definition) is 2. The van der Waals surface area contributed by atoms with Gasteiger partial charge in [-0.2, -0.15) is 0 Å². The van der Waals surface area contributed by atoms with Crippen molar-refractivity contribution < 1.29 is 0 Å². The van der Waals surface area contributed by atoms with Gasteiger partial charge in [0.1, 0.15) is 5.52 Å². The second-order valence-corrected chi connectivity index (χ2v) is 6.49. The molecular formula is C14H15BrN8O4. The van der Waals surface area contributed by atoms with Crippen molar-refractivity contribution in [2.45, 2.75) is 0 Å². The molecule has 0 aromatic carbocycles. The van der Waals surface area contributed by atoms with E-state index in [-0.39, 0.29) is 22.5 Å². The summed E-state index contributed by atoms with van der Waals surface area (Å²) in [7, 11) is 6.01. The molecule has 13 heteroatoms. The zero-order chi connectivity index (χ0) is 20.0. The van der Waals surface area contributed by atoms with Crippen molar-refractivity contribution in [2.75, 3.05) is 0 Å².